The molecular weight excluding hydrogens is 317 g/mol. The highest BCUT2D eigenvalue weighted by molar-refractivity contribution is 7.13. The lowest BCUT2D eigenvalue weighted by molar-refractivity contribution is -0.145. The fourth-order valence-corrected chi connectivity index (χ4v) is 2.46. The fourth-order valence-electron chi connectivity index (χ4n) is 2.23. The highest BCUT2D eigenvalue weighted by atomic mass is 31.0. The molecule has 2 amide bonds. The summed E-state index contributed by atoms with van der Waals surface area (Å²) in [7, 11) is 5.32. The average Bonchev–Trinajstić information content (AvgIpc) is 2.49. The Morgan fingerprint density at radius 2 is 1.74 bits per heavy atom. The van der Waals surface area contributed by atoms with Gasteiger partial charge in [0.2, 0.25) is 11.8 Å². The van der Waals surface area contributed by atoms with Crippen LogP contribution in [0.4, 0.5) is 0 Å². The largest absolute Gasteiger partial charge is 0.481 e. The molecule has 3 N–H and O–H groups in total. The topological polar surface area (TPSA) is 104 Å². The lowest BCUT2D eigenvalue weighted by Gasteiger charge is -2.31. The molecular formula is C15H22N3O4P. The highest BCUT2D eigenvalue weighted by Gasteiger charge is 2.32. The number of benzene rings is 1. The van der Waals surface area contributed by atoms with Gasteiger partial charge < -0.3 is 15.7 Å². The van der Waals surface area contributed by atoms with Crippen LogP contribution in [0, 0.1) is 0 Å². The maximum Gasteiger partial charge on any atom is 0.305 e. The number of amides is 2. The van der Waals surface area contributed by atoms with E-state index < -0.39 is 29.9 Å². The Morgan fingerprint density at radius 1 is 1.17 bits per heavy atom. The van der Waals surface area contributed by atoms with E-state index in [1.807, 2.05) is 30.3 Å². The van der Waals surface area contributed by atoms with Gasteiger partial charge in [0.1, 0.15) is 12.1 Å². The molecule has 1 aromatic rings. The van der Waals surface area contributed by atoms with Gasteiger partial charge in [-0.15, -0.1) is 0 Å². The number of carboxylic acids is 1. The second-order valence-electron chi connectivity index (χ2n) is 5.34. The number of hydrogen-bond acceptors (Lipinski definition) is 4. The highest BCUT2D eigenvalue weighted by Crippen LogP contribution is 2.14. The van der Waals surface area contributed by atoms with Crippen LogP contribution in [0.2, 0.25) is 0 Å². The van der Waals surface area contributed by atoms with Gasteiger partial charge in [0.05, 0.1) is 6.42 Å². The van der Waals surface area contributed by atoms with Crippen molar-refractivity contribution in [2.45, 2.75) is 24.9 Å². The number of carboxylic acid groups (broad SMARTS) is 1. The first-order chi connectivity index (χ1) is 10.7. The monoisotopic (exact) mass is 339 g/mol. The minimum atomic E-state index is -1.09. The van der Waals surface area contributed by atoms with Gasteiger partial charge in [-0.2, -0.15) is 0 Å². The van der Waals surface area contributed by atoms with Crippen molar-refractivity contribution in [3.05, 3.63) is 35.9 Å². The number of nitrogens with two attached hydrogens (primary N) is 1. The van der Waals surface area contributed by atoms with Gasteiger partial charge in [0.25, 0.3) is 0 Å². The summed E-state index contributed by atoms with van der Waals surface area (Å²) in [4.78, 5) is 36.5. The predicted molar refractivity (Wildman–Crippen MR) is 89.4 cm³/mol. The number of likely N-dealkylation sites (N-methyl/N-ethyl adjacent to an activating group) is 2. The van der Waals surface area contributed by atoms with Crippen LogP contribution in [0.25, 0.3) is 0 Å². The number of primary amides is 1. The summed E-state index contributed by atoms with van der Waals surface area (Å²) in [5.74, 6) is -2.19. The van der Waals surface area contributed by atoms with E-state index >= 15 is 0 Å². The van der Waals surface area contributed by atoms with Gasteiger partial charge >= 0.3 is 5.97 Å². The van der Waals surface area contributed by atoms with Gasteiger partial charge in [-0.3, -0.25) is 19.1 Å². The number of nitrogens with zero attached hydrogens (tertiary/aromatic N) is 2. The lowest BCUT2D eigenvalue weighted by atomic mass is 10.0. The third-order valence-electron chi connectivity index (χ3n) is 3.56. The Kier molecular flexibility index (Phi) is 7.13. The molecule has 126 valence electrons. The molecule has 0 saturated heterocycles. The number of aliphatic carboxylic acids is 1. The van der Waals surface area contributed by atoms with Crippen molar-refractivity contribution in [1.29, 1.82) is 0 Å². The van der Waals surface area contributed by atoms with E-state index in [2.05, 4.69) is 9.39 Å². The maximum atomic E-state index is 12.6. The van der Waals surface area contributed by atoms with Crippen LogP contribution in [0.15, 0.2) is 30.3 Å². The van der Waals surface area contributed by atoms with E-state index in [-0.39, 0.29) is 12.8 Å². The smallest absolute Gasteiger partial charge is 0.305 e. The van der Waals surface area contributed by atoms with Gasteiger partial charge in [-0.05, 0) is 12.6 Å². The minimum Gasteiger partial charge on any atom is -0.481 e. The Morgan fingerprint density at radius 3 is 2.17 bits per heavy atom. The minimum absolute atomic E-state index is 0.277. The molecule has 0 aliphatic carbocycles. The number of hydrogen-bond donors (Lipinski definition) is 2. The van der Waals surface area contributed by atoms with Crippen LogP contribution in [-0.4, -0.2) is 58.6 Å². The molecule has 23 heavy (non-hydrogen) atoms. The number of rotatable bonds is 8. The standard InChI is InChI=1S/C15H22N3O4P/c1-17(15(22)12(18(2)23)9-13(19)20)11(14(16)21)8-10-6-4-3-5-7-10/h3-7,11-12H,8-9,23H2,1-2H3,(H2,16,21)(H,19,20)/t11-,12+/m0/s1. The zero-order chi connectivity index (χ0) is 17.6. The zero-order valence-corrected chi connectivity index (χ0v) is 14.3. The first kappa shape index (κ1) is 19.1. The SMILES string of the molecule is CN(P)[C@H](CC(=O)O)C(=O)N(C)[C@@H](Cc1ccccc1)C(N)=O. The van der Waals surface area contributed by atoms with E-state index in [4.69, 9.17) is 10.8 Å². The number of carbonyl (C=O) groups excluding carboxylic acids is 2. The molecule has 1 aromatic carbocycles. The zero-order valence-electron chi connectivity index (χ0n) is 13.2. The molecule has 1 rings (SSSR count). The molecule has 3 atom stereocenters. The molecule has 0 fully saturated rings. The molecule has 0 radical (unpaired) electrons. The molecule has 7 nitrogen and oxygen atoms in total. The predicted octanol–water partition coefficient (Wildman–Crippen LogP) is 0.107. The van der Waals surface area contributed by atoms with Crippen molar-refractivity contribution in [2.75, 3.05) is 14.1 Å². The van der Waals surface area contributed by atoms with Crippen molar-refractivity contribution in [1.82, 2.24) is 9.57 Å². The molecule has 0 saturated carbocycles. The van der Waals surface area contributed by atoms with Gasteiger partial charge in [0, 0.05) is 13.5 Å². The maximum absolute atomic E-state index is 12.6. The summed E-state index contributed by atoms with van der Waals surface area (Å²) in [5, 5.41) is 8.95. The summed E-state index contributed by atoms with van der Waals surface area (Å²) < 4.78 is 1.44. The van der Waals surface area contributed by atoms with E-state index in [0.29, 0.717) is 0 Å². The van der Waals surface area contributed by atoms with Gasteiger partial charge in [-0.1, -0.05) is 39.7 Å². The number of carbonyl (C=O) groups is 3. The lowest BCUT2D eigenvalue weighted by Crippen LogP contribution is -2.52. The Balaban J connectivity index is 2.95. The second kappa shape index (κ2) is 8.60. The molecule has 0 spiro atoms. The van der Waals surface area contributed by atoms with E-state index in [1.165, 1.54) is 16.6 Å². The molecule has 0 bridgehead atoms. The quantitative estimate of drug-likeness (QED) is 0.654. The third-order valence-corrected chi connectivity index (χ3v) is 3.92. The van der Waals surface area contributed by atoms with Crippen LogP contribution in [-0.2, 0) is 20.8 Å². The Hall–Kier alpha value is -1.98. The summed E-state index contributed by atoms with van der Waals surface area (Å²) in [6.45, 7) is 0. The molecule has 0 aliphatic heterocycles. The Bertz CT molecular complexity index is 565. The molecule has 0 heterocycles. The molecule has 0 aromatic heterocycles. The molecule has 0 aliphatic rings. The van der Waals surface area contributed by atoms with E-state index in [1.54, 1.807) is 7.05 Å². The van der Waals surface area contributed by atoms with Gasteiger partial charge in [0.15, 0.2) is 0 Å². The molecule has 8 heteroatoms. The van der Waals surface area contributed by atoms with Crippen LogP contribution in [0.5, 0.6) is 0 Å². The first-order valence-corrected chi connectivity index (χ1v) is 7.55. The van der Waals surface area contributed by atoms with Crippen LogP contribution in [0.1, 0.15) is 12.0 Å². The second-order valence-corrected chi connectivity index (χ2v) is 6.15. The van der Waals surface area contributed by atoms with Crippen LogP contribution < -0.4 is 5.73 Å². The fraction of sp³-hybridized carbons (Fsp3) is 0.400. The summed E-state index contributed by atoms with van der Waals surface area (Å²) >= 11 is 0. The van der Waals surface area contributed by atoms with Gasteiger partial charge in [-0.25, -0.2) is 0 Å². The normalized spacial score (nSPS) is 13.4. The Labute approximate surface area is 137 Å². The first-order valence-electron chi connectivity index (χ1n) is 7.03. The summed E-state index contributed by atoms with van der Waals surface area (Å²) in [6, 6.07) is 7.46. The van der Waals surface area contributed by atoms with Crippen LogP contribution >= 0.6 is 9.39 Å². The van der Waals surface area contributed by atoms with Crippen molar-refractivity contribution in [3.63, 3.8) is 0 Å². The van der Waals surface area contributed by atoms with E-state index in [9.17, 15) is 14.4 Å². The van der Waals surface area contributed by atoms with Crippen LogP contribution in [0.3, 0.4) is 0 Å². The third kappa shape index (κ3) is 5.62. The van der Waals surface area contributed by atoms with Crippen molar-refractivity contribution < 1.29 is 19.5 Å². The molecule has 1 unspecified atom stereocenters. The van der Waals surface area contributed by atoms with Crippen molar-refractivity contribution in [2.24, 2.45) is 5.73 Å². The summed E-state index contributed by atoms with van der Waals surface area (Å²) in [5.41, 5.74) is 6.30. The van der Waals surface area contributed by atoms with Crippen molar-refractivity contribution >= 4 is 27.2 Å². The van der Waals surface area contributed by atoms with E-state index in [0.717, 1.165) is 5.56 Å². The van der Waals surface area contributed by atoms with Crippen molar-refractivity contribution in [3.8, 4) is 0 Å². The summed E-state index contributed by atoms with van der Waals surface area (Å²) in [6.07, 6.45) is -0.0846. The average molecular weight is 339 g/mol.